The molecule has 84 valence electrons. The van der Waals surface area contributed by atoms with Crippen LogP contribution in [0.2, 0.25) is 0 Å². The second kappa shape index (κ2) is 8.00. The Labute approximate surface area is 102 Å². The van der Waals surface area contributed by atoms with Crippen LogP contribution in [0.5, 0.6) is 0 Å². The van der Waals surface area contributed by atoms with Crippen LogP contribution in [0.1, 0.15) is 34.6 Å². The highest BCUT2D eigenvalue weighted by molar-refractivity contribution is 8.33. The van der Waals surface area contributed by atoms with Crippen molar-refractivity contribution in [3.05, 3.63) is 11.6 Å². The molecule has 0 aromatic rings. The fourth-order valence-electron chi connectivity index (χ4n) is 1.01. The molecule has 0 unspecified atom stereocenters. The predicted molar refractivity (Wildman–Crippen MR) is 76.6 cm³/mol. The summed E-state index contributed by atoms with van der Waals surface area (Å²) in [5, 5.41) is 0. The summed E-state index contributed by atoms with van der Waals surface area (Å²) in [7, 11) is 0. The normalized spacial score (nSPS) is 11.5. The Hall–Kier alpha value is 0.790. The highest BCUT2D eigenvalue weighted by Gasteiger charge is 2.23. The second-order valence-electron chi connectivity index (χ2n) is 3.32. The highest BCUT2D eigenvalue weighted by Crippen LogP contribution is 2.46. The number of thioether (sulfide) groups is 3. The third-order valence-corrected chi connectivity index (χ3v) is 6.26. The Morgan fingerprint density at radius 2 is 1.57 bits per heavy atom. The van der Waals surface area contributed by atoms with E-state index < -0.39 is 0 Å². The molecular formula is C11H22S3. The molecule has 0 atom stereocenters. The Morgan fingerprint density at radius 3 is 1.93 bits per heavy atom. The standard InChI is InChI=1S/C11H22S3/c1-6-12-11(5,13-7-2)14-9-8-10(3)4/h8H,6-7,9H2,1-5H3. The van der Waals surface area contributed by atoms with E-state index in [1.807, 2.05) is 0 Å². The molecule has 0 spiro atoms. The molecule has 14 heavy (non-hydrogen) atoms. The van der Waals surface area contributed by atoms with Gasteiger partial charge < -0.3 is 0 Å². The SMILES string of the molecule is CCSC(C)(SCC)SCC=C(C)C. The molecule has 0 saturated carbocycles. The van der Waals surface area contributed by atoms with Gasteiger partial charge in [0, 0.05) is 5.75 Å². The summed E-state index contributed by atoms with van der Waals surface area (Å²) >= 11 is 6.15. The fraction of sp³-hybridized carbons (Fsp3) is 0.818. The first-order valence-corrected chi connectivity index (χ1v) is 8.05. The van der Waals surface area contributed by atoms with Crippen LogP contribution in [0.3, 0.4) is 0 Å². The molecule has 0 aliphatic carbocycles. The highest BCUT2D eigenvalue weighted by atomic mass is 32.3. The molecule has 0 saturated heterocycles. The van der Waals surface area contributed by atoms with Gasteiger partial charge in [-0.15, -0.1) is 35.3 Å². The maximum atomic E-state index is 2.35. The van der Waals surface area contributed by atoms with Gasteiger partial charge in [0.05, 0.1) is 0 Å². The van der Waals surface area contributed by atoms with Crippen molar-refractivity contribution < 1.29 is 0 Å². The zero-order chi connectivity index (χ0) is 11.0. The molecule has 0 N–H and O–H groups in total. The first-order valence-electron chi connectivity index (χ1n) is 5.09. The molecule has 0 rings (SSSR count). The van der Waals surface area contributed by atoms with E-state index in [1.54, 1.807) is 0 Å². The lowest BCUT2D eigenvalue weighted by Crippen LogP contribution is -2.11. The van der Waals surface area contributed by atoms with Gasteiger partial charge in [-0.25, -0.2) is 0 Å². The van der Waals surface area contributed by atoms with E-state index in [0.29, 0.717) is 3.41 Å². The first-order chi connectivity index (χ1) is 6.54. The first kappa shape index (κ1) is 14.8. The van der Waals surface area contributed by atoms with Crippen LogP contribution in [0.25, 0.3) is 0 Å². The second-order valence-corrected chi connectivity index (χ2v) is 8.90. The number of hydrogen-bond acceptors (Lipinski definition) is 3. The smallest absolute Gasteiger partial charge is 0.104 e. The summed E-state index contributed by atoms with van der Waals surface area (Å²) < 4.78 is 0.343. The van der Waals surface area contributed by atoms with E-state index in [9.17, 15) is 0 Å². The molecular weight excluding hydrogens is 228 g/mol. The van der Waals surface area contributed by atoms with Crippen molar-refractivity contribution in [3.63, 3.8) is 0 Å². The lowest BCUT2D eigenvalue weighted by atomic mass is 10.3. The summed E-state index contributed by atoms with van der Waals surface area (Å²) in [5.41, 5.74) is 1.42. The van der Waals surface area contributed by atoms with Crippen molar-refractivity contribution in [2.75, 3.05) is 17.3 Å². The molecule has 0 aromatic heterocycles. The van der Waals surface area contributed by atoms with Crippen molar-refractivity contribution >= 4 is 35.3 Å². The van der Waals surface area contributed by atoms with Crippen LogP contribution < -0.4 is 0 Å². The summed E-state index contributed by atoms with van der Waals surface area (Å²) in [6.07, 6.45) is 2.31. The minimum atomic E-state index is 0.343. The predicted octanol–water partition coefficient (Wildman–Crippen LogP) is 4.87. The van der Waals surface area contributed by atoms with Gasteiger partial charge in [-0.3, -0.25) is 0 Å². The number of hydrogen-bond donors (Lipinski definition) is 0. The largest absolute Gasteiger partial charge is 0.134 e. The van der Waals surface area contributed by atoms with E-state index in [1.165, 1.54) is 17.1 Å². The van der Waals surface area contributed by atoms with Gasteiger partial charge in [-0.2, -0.15) is 0 Å². The maximum Gasteiger partial charge on any atom is 0.104 e. The molecule has 0 nitrogen and oxygen atoms in total. The number of allylic oxidation sites excluding steroid dienone is 1. The lowest BCUT2D eigenvalue weighted by molar-refractivity contribution is 1.29. The van der Waals surface area contributed by atoms with Gasteiger partial charge >= 0.3 is 0 Å². The van der Waals surface area contributed by atoms with E-state index in [2.05, 4.69) is 76.0 Å². The van der Waals surface area contributed by atoms with E-state index in [0.717, 1.165) is 5.75 Å². The zero-order valence-electron chi connectivity index (χ0n) is 9.92. The number of rotatable bonds is 7. The molecule has 3 heteroatoms. The maximum absolute atomic E-state index is 2.35. The van der Waals surface area contributed by atoms with Crippen LogP contribution in [0.4, 0.5) is 0 Å². The molecule has 0 bridgehead atoms. The van der Waals surface area contributed by atoms with E-state index in [4.69, 9.17) is 0 Å². The summed E-state index contributed by atoms with van der Waals surface area (Å²) in [5.74, 6) is 3.54. The Kier molecular flexibility index (Phi) is 8.45. The van der Waals surface area contributed by atoms with Crippen molar-refractivity contribution in [1.29, 1.82) is 0 Å². The molecule has 0 radical (unpaired) electrons. The van der Waals surface area contributed by atoms with Crippen molar-refractivity contribution in [3.8, 4) is 0 Å². The van der Waals surface area contributed by atoms with Gasteiger partial charge in [-0.1, -0.05) is 25.5 Å². The molecule has 0 fully saturated rings. The van der Waals surface area contributed by atoms with E-state index in [-0.39, 0.29) is 0 Å². The molecule has 0 aliphatic rings. The van der Waals surface area contributed by atoms with Crippen LogP contribution in [0, 0.1) is 0 Å². The lowest BCUT2D eigenvalue weighted by Gasteiger charge is -2.26. The quantitative estimate of drug-likeness (QED) is 0.467. The zero-order valence-corrected chi connectivity index (χ0v) is 12.4. The van der Waals surface area contributed by atoms with Crippen molar-refractivity contribution in [2.24, 2.45) is 0 Å². The topological polar surface area (TPSA) is 0 Å². The van der Waals surface area contributed by atoms with Crippen molar-refractivity contribution in [1.82, 2.24) is 0 Å². The van der Waals surface area contributed by atoms with Gasteiger partial charge in [0.1, 0.15) is 3.41 Å². The third kappa shape index (κ3) is 7.13. The van der Waals surface area contributed by atoms with Crippen LogP contribution >= 0.6 is 35.3 Å². The van der Waals surface area contributed by atoms with Gasteiger partial charge in [0.2, 0.25) is 0 Å². The molecule has 0 heterocycles. The Balaban J connectivity index is 4.01. The third-order valence-electron chi connectivity index (χ3n) is 1.65. The summed E-state index contributed by atoms with van der Waals surface area (Å²) in [6, 6.07) is 0. The summed E-state index contributed by atoms with van der Waals surface area (Å²) in [6.45, 7) is 11.1. The Bertz CT molecular complexity index is 165. The van der Waals surface area contributed by atoms with Crippen molar-refractivity contribution in [2.45, 2.75) is 38.0 Å². The van der Waals surface area contributed by atoms with Crippen LogP contribution in [-0.2, 0) is 0 Å². The van der Waals surface area contributed by atoms with Crippen LogP contribution in [-0.4, -0.2) is 20.7 Å². The van der Waals surface area contributed by atoms with Gasteiger partial charge in [0.15, 0.2) is 0 Å². The summed E-state index contributed by atoms with van der Waals surface area (Å²) in [4.78, 5) is 0. The van der Waals surface area contributed by atoms with Crippen LogP contribution in [0.15, 0.2) is 11.6 Å². The van der Waals surface area contributed by atoms with Gasteiger partial charge in [-0.05, 0) is 32.3 Å². The average Bonchev–Trinajstić information content (AvgIpc) is 2.03. The molecule has 0 aliphatic heterocycles. The monoisotopic (exact) mass is 250 g/mol. The van der Waals surface area contributed by atoms with E-state index >= 15 is 0 Å². The average molecular weight is 250 g/mol. The molecule has 0 aromatic carbocycles. The van der Waals surface area contributed by atoms with Gasteiger partial charge in [0.25, 0.3) is 0 Å². The minimum Gasteiger partial charge on any atom is -0.134 e. The molecule has 0 amide bonds. The fourth-order valence-corrected chi connectivity index (χ4v) is 5.60. The minimum absolute atomic E-state index is 0.343. The Morgan fingerprint density at radius 1 is 1.07 bits per heavy atom.